The van der Waals surface area contributed by atoms with Gasteiger partial charge in [0.05, 0.1) is 27.7 Å². The first kappa shape index (κ1) is 20.8. The predicted molar refractivity (Wildman–Crippen MR) is 113 cm³/mol. The molecule has 2 aromatic rings. The molecule has 27 heavy (non-hydrogen) atoms. The molecule has 0 spiro atoms. The second kappa shape index (κ2) is 9.97. The van der Waals surface area contributed by atoms with Crippen molar-refractivity contribution >= 4 is 11.9 Å². The third kappa shape index (κ3) is 5.47. The Morgan fingerprint density at radius 2 is 1.89 bits per heavy atom. The Bertz CT molecular complexity index is 755. The van der Waals surface area contributed by atoms with E-state index >= 15 is 0 Å². The minimum Gasteiger partial charge on any atom is -0.507 e. The van der Waals surface area contributed by atoms with Gasteiger partial charge in [-0.3, -0.25) is 4.99 Å². The second-order valence-electron chi connectivity index (χ2n) is 6.82. The van der Waals surface area contributed by atoms with E-state index < -0.39 is 0 Å². The Hall–Kier alpha value is -2.53. The number of aliphatic imine (C=N–C) groups is 1. The molecule has 0 bridgehead atoms. The molecule has 5 heteroatoms. The maximum atomic E-state index is 10.4. The molecule has 0 aliphatic heterocycles. The van der Waals surface area contributed by atoms with Crippen LogP contribution in [0.5, 0.6) is 11.5 Å². The van der Waals surface area contributed by atoms with Crippen LogP contribution in [-0.2, 0) is 0 Å². The number of benzene rings is 2. The third-order valence-corrected chi connectivity index (χ3v) is 4.85. The molecule has 0 aliphatic rings. The minimum absolute atomic E-state index is 0.216. The molecule has 0 radical (unpaired) electrons. The highest BCUT2D eigenvalue weighted by Gasteiger charge is 2.17. The monoisotopic (exact) mass is 370 g/mol. The maximum Gasteiger partial charge on any atom is 0.133 e. The number of nitrogens with zero attached hydrogens (tertiary/aromatic N) is 2. The zero-order chi connectivity index (χ0) is 19.8. The van der Waals surface area contributed by atoms with Gasteiger partial charge in [-0.05, 0) is 38.1 Å². The molecule has 146 valence electrons. The van der Waals surface area contributed by atoms with Crippen molar-refractivity contribution in [3.05, 3.63) is 53.6 Å². The van der Waals surface area contributed by atoms with Crippen molar-refractivity contribution in [3.63, 3.8) is 0 Å². The molecule has 0 saturated carbocycles. The number of rotatable bonds is 9. The van der Waals surface area contributed by atoms with Crippen molar-refractivity contribution in [2.75, 3.05) is 45.7 Å². The van der Waals surface area contributed by atoms with Gasteiger partial charge in [0.2, 0.25) is 0 Å². The van der Waals surface area contributed by atoms with Crippen LogP contribution in [-0.4, -0.2) is 52.2 Å². The van der Waals surface area contributed by atoms with E-state index in [1.807, 2.05) is 30.3 Å². The van der Waals surface area contributed by atoms with Crippen molar-refractivity contribution in [3.8, 4) is 11.5 Å². The van der Waals surface area contributed by atoms with Crippen molar-refractivity contribution in [2.24, 2.45) is 4.99 Å². The van der Waals surface area contributed by atoms with E-state index in [-0.39, 0.29) is 11.8 Å². The Morgan fingerprint density at radius 1 is 1.15 bits per heavy atom. The molecule has 0 heterocycles. The SMILES string of the molecule is CCN(CC)c1ccc(C=NC[C@@H](c2cccc(OC)c2)[NH+](C)C)c(O)c1. The number of methoxy groups -OCH3 is 1. The van der Waals surface area contributed by atoms with Crippen LogP contribution in [0.4, 0.5) is 5.69 Å². The van der Waals surface area contributed by atoms with Crippen molar-refractivity contribution in [1.82, 2.24) is 0 Å². The number of likely N-dealkylation sites (N-methyl/N-ethyl adjacent to an activating group) is 1. The molecule has 0 amide bonds. The van der Waals surface area contributed by atoms with Gasteiger partial charge in [0, 0.05) is 42.2 Å². The van der Waals surface area contributed by atoms with E-state index in [1.165, 1.54) is 10.5 Å². The summed E-state index contributed by atoms with van der Waals surface area (Å²) >= 11 is 0. The lowest BCUT2D eigenvalue weighted by Gasteiger charge is -2.21. The van der Waals surface area contributed by atoms with Crippen LogP contribution in [0.1, 0.15) is 31.0 Å². The first-order valence-electron chi connectivity index (χ1n) is 9.51. The highest BCUT2D eigenvalue weighted by molar-refractivity contribution is 5.84. The number of aromatic hydroxyl groups is 1. The summed E-state index contributed by atoms with van der Waals surface area (Å²) in [7, 11) is 5.92. The zero-order valence-corrected chi connectivity index (χ0v) is 17.1. The van der Waals surface area contributed by atoms with Gasteiger partial charge in [-0.25, -0.2) is 0 Å². The normalized spacial score (nSPS) is 12.5. The first-order chi connectivity index (χ1) is 13.0. The molecule has 0 aromatic heterocycles. The minimum atomic E-state index is 0.216. The van der Waals surface area contributed by atoms with E-state index in [9.17, 15) is 5.11 Å². The molecule has 2 N–H and O–H groups in total. The molecule has 0 saturated heterocycles. The molecular formula is C22H32N3O2+. The van der Waals surface area contributed by atoms with E-state index in [2.05, 4.69) is 50.0 Å². The van der Waals surface area contributed by atoms with E-state index in [0.29, 0.717) is 6.54 Å². The Labute approximate surface area is 162 Å². The number of phenols is 1. The number of hydrogen-bond acceptors (Lipinski definition) is 4. The lowest BCUT2D eigenvalue weighted by Crippen LogP contribution is -3.06. The van der Waals surface area contributed by atoms with Crippen molar-refractivity contribution < 1.29 is 14.7 Å². The number of nitrogens with one attached hydrogen (secondary N) is 1. The summed E-state index contributed by atoms with van der Waals surface area (Å²) in [4.78, 5) is 8.11. The van der Waals surface area contributed by atoms with E-state index in [1.54, 1.807) is 13.3 Å². The number of anilines is 1. The van der Waals surface area contributed by atoms with Gasteiger partial charge < -0.3 is 19.6 Å². The maximum absolute atomic E-state index is 10.4. The van der Waals surface area contributed by atoms with Gasteiger partial charge in [0.1, 0.15) is 17.5 Å². The van der Waals surface area contributed by atoms with Gasteiger partial charge >= 0.3 is 0 Å². The lowest BCUT2D eigenvalue weighted by atomic mass is 10.1. The van der Waals surface area contributed by atoms with Crippen LogP contribution in [0.25, 0.3) is 0 Å². The fourth-order valence-electron chi connectivity index (χ4n) is 3.16. The first-order valence-corrected chi connectivity index (χ1v) is 9.51. The summed E-state index contributed by atoms with van der Waals surface area (Å²) in [5.41, 5.74) is 2.96. The van der Waals surface area contributed by atoms with Gasteiger partial charge in [0.25, 0.3) is 0 Å². The smallest absolute Gasteiger partial charge is 0.133 e. The van der Waals surface area contributed by atoms with Crippen LogP contribution in [0.2, 0.25) is 0 Å². The van der Waals surface area contributed by atoms with Crippen LogP contribution < -0.4 is 14.5 Å². The second-order valence-corrected chi connectivity index (χ2v) is 6.82. The summed E-state index contributed by atoms with van der Waals surface area (Å²) in [6.45, 7) is 6.68. The Morgan fingerprint density at radius 3 is 2.48 bits per heavy atom. The van der Waals surface area contributed by atoms with Gasteiger partial charge in [-0.2, -0.15) is 0 Å². The van der Waals surface area contributed by atoms with Crippen LogP contribution >= 0.6 is 0 Å². The Kier molecular flexibility index (Phi) is 7.67. The number of ether oxygens (including phenoxy) is 1. The molecule has 2 aromatic carbocycles. The van der Waals surface area contributed by atoms with E-state index in [4.69, 9.17) is 4.74 Å². The quantitative estimate of drug-likeness (QED) is 0.667. The molecule has 1 atom stereocenters. The largest absolute Gasteiger partial charge is 0.507 e. The highest BCUT2D eigenvalue weighted by atomic mass is 16.5. The molecule has 5 nitrogen and oxygen atoms in total. The number of phenolic OH excluding ortho intramolecular Hbond substituents is 1. The van der Waals surface area contributed by atoms with Gasteiger partial charge in [-0.1, -0.05) is 12.1 Å². The predicted octanol–water partition coefficient (Wildman–Crippen LogP) is 2.55. The summed E-state index contributed by atoms with van der Waals surface area (Å²) in [5.74, 6) is 1.12. The molecule has 0 unspecified atom stereocenters. The highest BCUT2D eigenvalue weighted by Crippen LogP contribution is 2.24. The fourth-order valence-corrected chi connectivity index (χ4v) is 3.16. The molecule has 0 fully saturated rings. The number of hydrogen-bond donors (Lipinski definition) is 2. The summed E-state index contributed by atoms with van der Waals surface area (Å²) in [5, 5.41) is 10.4. The van der Waals surface area contributed by atoms with Gasteiger partial charge in [0.15, 0.2) is 0 Å². The van der Waals surface area contributed by atoms with Crippen LogP contribution in [0.3, 0.4) is 0 Å². The number of quaternary nitrogens is 1. The molecule has 0 aliphatic carbocycles. The summed E-state index contributed by atoms with van der Waals surface area (Å²) in [6, 6.07) is 14.1. The topological polar surface area (TPSA) is 49.5 Å². The van der Waals surface area contributed by atoms with Crippen molar-refractivity contribution in [1.29, 1.82) is 0 Å². The molecule has 2 rings (SSSR count). The average molecular weight is 371 g/mol. The van der Waals surface area contributed by atoms with Crippen molar-refractivity contribution in [2.45, 2.75) is 19.9 Å². The zero-order valence-electron chi connectivity index (χ0n) is 17.1. The summed E-state index contributed by atoms with van der Waals surface area (Å²) < 4.78 is 5.34. The fraction of sp³-hybridized carbons (Fsp3) is 0.409. The van der Waals surface area contributed by atoms with Gasteiger partial charge in [-0.15, -0.1) is 0 Å². The van der Waals surface area contributed by atoms with E-state index in [0.717, 1.165) is 30.1 Å². The Balaban J connectivity index is 2.14. The average Bonchev–Trinajstić information content (AvgIpc) is 2.67. The van der Waals surface area contributed by atoms with Crippen LogP contribution in [0, 0.1) is 0 Å². The summed E-state index contributed by atoms with van der Waals surface area (Å²) in [6.07, 6.45) is 1.76. The third-order valence-electron chi connectivity index (χ3n) is 4.85. The standard InChI is InChI=1S/C22H31N3O2/c1-6-25(7-2)19-12-11-18(22(26)14-19)15-23-16-21(24(3)4)17-9-8-10-20(13-17)27-5/h8-15,21,26H,6-7,16H2,1-5H3/p+1/t21-/m0/s1. The lowest BCUT2D eigenvalue weighted by molar-refractivity contribution is -0.890. The van der Waals surface area contributed by atoms with Crippen LogP contribution in [0.15, 0.2) is 47.5 Å². The molecular weight excluding hydrogens is 338 g/mol.